The Morgan fingerprint density at radius 2 is 2.00 bits per heavy atom. The summed E-state index contributed by atoms with van der Waals surface area (Å²) in [5.74, 6) is -1.01. The summed E-state index contributed by atoms with van der Waals surface area (Å²) in [6.45, 7) is 11.8. The predicted molar refractivity (Wildman–Crippen MR) is 82.8 cm³/mol. The molecule has 1 heterocycles. The minimum absolute atomic E-state index is 0.132. The van der Waals surface area contributed by atoms with E-state index in [-0.39, 0.29) is 11.9 Å². The molecule has 3 unspecified atom stereocenters. The van der Waals surface area contributed by atoms with Crippen LogP contribution in [-0.4, -0.2) is 49.6 Å². The molecule has 5 heteroatoms. The van der Waals surface area contributed by atoms with Crippen LogP contribution in [0, 0.1) is 17.3 Å². The summed E-state index contributed by atoms with van der Waals surface area (Å²) in [6.07, 6.45) is 0.920. The van der Waals surface area contributed by atoms with Crippen molar-refractivity contribution in [2.75, 3.05) is 26.7 Å². The van der Waals surface area contributed by atoms with E-state index in [2.05, 4.69) is 24.2 Å². The second-order valence-corrected chi connectivity index (χ2v) is 7.19. The lowest BCUT2D eigenvalue weighted by Crippen LogP contribution is -2.53. The van der Waals surface area contributed by atoms with Crippen LogP contribution in [0.4, 0.5) is 0 Å². The number of esters is 1. The average Bonchev–Trinajstić information content (AvgIpc) is 2.31. The van der Waals surface area contributed by atoms with Gasteiger partial charge in [-0.2, -0.15) is 0 Å². The van der Waals surface area contributed by atoms with Gasteiger partial charge in [-0.05, 0) is 38.3 Å². The highest BCUT2D eigenvalue weighted by Gasteiger charge is 2.40. The number of nitrogens with one attached hydrogen (secondary N) is 1. The summed E-state index contributed by atoms with van der Waals surface area (Å²) >= 11 is 0. The number of ether oxygens (including phenoxy) is 1. The van der Waals surface area contributed by atoms with Gasteiger partial charge in [0, 0.05) is 12.6 Å². The molecule has 122 valence electrons. The molecular weight excluding hydrogens is 268 g/mol. The molecule has 0 saturated carbocycles. The van der Waals surface area contributed by atoms with Crippen LogP contribution in [0.1, 0.15) is 41.0 Å². The van der Waals surface area contributed by atoms with Gasteiger partial charge in [0.05, 0.1) is 6.61 Å². The minimum atomic E-state index is -0.760. The fourth-order valence-electron chi connectivity index (χ4n) is 2.91. The van der Waals surface area contributed by atoms with Gasteiger partial charge in [-0.3, -0.25) is 9.59 Å². The van der Waals surface area contributed by atoms with E-state index < -0.39 is 17.3 Å². The van der Waals surface area contributed by atoms with Gasteiger partial charge in [-0.15, -0.1) is 0 Å². The molecule has 0 radical (unpaired) electrons. The number of amides is 1. The summed E-state index contributed by atoms with van der Waals surface area (Å²) in [5.41, 5.74) is -0.453. The first-order chi connectivity index (χ1) is 9.66. The molecule has 0 aromatic rings. The summed E-state index contributed by atoms with van der Waals surface area (Å²) in [4.78, 5) is 27.0. The summed E-state index contributed by atoms with van der Waals surface area (Å²) in [7, 11) is 2.09. The second-order valence-electron chi connectivity index (χ2n) is 7.19. The number of carbonyl (C=O) groups excluding carboxylic acids is 2. The largest absolute Gasteiger partial charge is 0.465 e. The Bertz CT molecular complexity index is 376. The Kier molecular flexibility index (Phi) is 6.20. The maximum Gasteiger partial charge on any atom is 0.319 e. The Morgan fingerprint density at radius 1 is 1.38 bits per heavy atom. The Balaban J connectivity index is 2.75. The molecule has 5 nitrogen and oxygen atoms in total. The van der Waals surface area contributed by atoms with E-state index in [9.17, 15) is 9.59 Å². The van der Waals surface area contributed by atoms with Gasteiger partial charge in [0.1, 0.15) is 5.92 Å². The molecule has 1 saturated heterocycles. The van der Waals surface area contributed by atoms with Crippen LogP contribution in [0.5, 0.6) is 0 Å². The van der Waals surface area contributed by atoms with Crippen LogP contribution in [0.3, 0.4) is 0 Å². The molecule has 1 amide bonds. The standard InChI is InChI=1S/C16H30N2O3/c1-7-21-15(20)13(16(3,4)5)14(19)17-12-8-9-18(6)10-11(12)2/h11-13H,7-10H2,1-6H3,(H,17,19). The number of hydrogen-bond donors (Lipinski definition) is 1. The third-order valence-electron chi connectivity index (χ3n) is 4.09. The van der Waals surface area contributed by atoms with Crippen molar-refractivity contribution in [1.29, 1.82) is 0 Å². The zero-order chi connectivity index (χ0) is 16.2. The maximum absolute atomic E-state index is 12.6. The average molecular weight is 298 g/mol. The fraction of sp³-hybridized carbons (Fsp3) is 0.875. The zero-order valence-electron chi connectivity index (χ0n) is 14.2. The van der Waals surface area contributed by atoms with Crippen molar-refractivity contribution in [3.05, 3.63) is 0 Å². The number of hydrogen-bond acceptors (Lipinski definition) is 4. The van der Waals surface area contributed by atoms with E-state index in [1.54, 1.807) is 6.92 Å². The molecule has 1 rings (SSSR count). The van der Waals surface area contributed by atoms with Crippen LogP contribution in [-0.2, 0) is 14.3 Å². The smallest absolute Gasteiger partial charge is 0.319 e. The summed E-state index contributed by atoms with van der Waals surface area (Å²) in [5, 5.41) is 3.07. The molecule has 1 fully saturated rings. The van der Waals surface area contributed by atoms with Crippen molar-refractivity contribution in [1.82, 2.24) is 10.2 Å². The van der Waals surface area contributed by atoms with Crippen LogP contribution >= 0.6 is 0 Å². The van der Waals surface area contributed by atoms with Crippen molar-refractivity contribution in [3.8, 4) is 0 Å². The highest BCUT2D eigenvalue weighted by molar-refractivity contribution is 5.98. The van der Waals surface area contributed by atoms with Gasteiger partial charge < -0.3 is 15.0 Å². The number of nitrogens with zero attached hydrogens (tertiary/aromatic N) is 1. The van der Waals surface area contributed by atoms with Crippen molar-refractivity contribution in [2.45, 2.75) is 47.1 Å². The van der Waals surface area contributed by atoms with E-state index >= 15 is 0 Å². The monoisotopic (exact) mass is 298 g/mol. The lowest BCUT2D eigenvalue weighted by atomic mass is 9.79. The van der Waals surface area contributed by atoms with Gasteiger partial charge in [0.25, 0.3) is 0 Å². The normalized spacial score (nSPS) is 25.2. The highest BCUT2D eigenvalue weighted by Crippen LogP contribution is 2.28. The summed E-state index contributed by atoms with van der Waals surface area (Å²) < 4.78 is 5.08. The van der Waals surface area contributed by atoms with Crippen LogP contribution in [0.25, 0.3) is 0 Å². The van der Waals surface area contributed by atoms with Crippen molar-refractivity contribution in [3.63, 3.8) is 0 Å². The molecule has 0 bridgehead atoms. The molecular formula is C16H30N2O3. The van der Waals surface area contributed by atoms with Gasteiger partial charge >= 0.3 is 5.97 Å². The molecule has 1 aliphatic heterocycles. The molecule has 0 aromatic heterocycles. The Labute approximate surface area is 128 Å². The van der Waals surface area contributed by atoms with Gasteiger partial charge in [-0.1, -0.05) is 27.7 Å². The quantitative estimate of drug-likeness (QED) is 0.633. The third-order valence-corrected chi connectivity index (χ3v) is 4.09. The number of rotatable bonds is 4. The van der Waals surface area contributed by atoms with Gasteiger partial charge in [0.15, 0.2) is 0 Å². The predicted octanol–water partition coefficient (Wildman–Crippen LogP) is 1.67. The Hall–Kier alpha value is -1.10. The van der Waals surface area contributed by atoms with E-state index in [0.29, 0.717) is 12.5 Å². The maximum atomic E-state index is 12.6. The van der Waals surface area contributed by atoms with Gasteiger partial charge in [0.2, 0.25) is 5.91 Å². The third kappa shape index (κ3) is 4.99. The van der Waals surface area contributed by atoms with E-state index in [0.717, 1.165) is 19.5 Å². The van der Waals surface area contributed by atoms with Crippen LogP contribution < -0.4 is 5.32 Å². The van der Waals surface area contributed by atoms with Crippen molar-refractivity contribution in [2.24, 2.45) is 17.3 Å². The first-order valence-electron chi connectivity index (χ1n) is 7.82. The van der Waals surface area contributed by atoms with E-state index in [1.165, 1.54) is 0 Å². The molecule has 21 heavy (non-hydrogen) atoms. The zero-order valence-corrected chi connectivity index (χ0v) is 14.2. The van der Waals surface area contributed by atoms with Crippen LogP contribution in [0.15, 0.2) is 0 Å². The van der Waals surface area contributed by atoms with Gasteiger partial charge in [-0.25, -0.2) is 0 Å². The number of piperidine rings is 1. The lowest BCUT2D eigenvalue weighted by Gasteiger charge is -2.37. The Morgan fingerprint density at radius 3 is 2.48 bits per heavy atom. The topological polar surface area (TPSA) is 58.6 Å². The highest BCUT2D eigenvalue weighted by atomic mass is 16.5. The van der Waals surface area contributed by atoms with Crippen LogP contribution in [0.2, 0.25) is 0 Å². The number of carbonyl (C=O) groups is 2. The second kappa shape index (κ2) is 7.25. The first-order valence-corrected chi connectivity index (χ1v) is 7.82. The SMILES string of the molecule is CCOC(=O)C(C(=O)NC1CCN(C)CC1C)C(C)(C)C. The van der Waals surface area contributed by atoms with E-state index in [4.69, 9.17) is 4.74 Å². The molecule has 0 aromatic carbocycles. The molecule has 1 aliphatic rings. The van der Waals surface area contributed by atoms with E-state index in [1.807, 2.05) is 20.8 Å². The lowest BCUT2D eigenvalue weighted by molar-refractivity contribution is -0.157. The molecule has 1 N–H and O–H groups in total. The molecule has 3 atom stereocenters. The molecule has 0 spiro atoms. The minimum Gasteiger partial charge on any atom is -0.465 e. The van der Waals surface area contributed by atoms with Crippen molar-refractivity contribution < 1.29 is 14.3 Å². The number of likely N-dealkylation sites (tertiary alicyclic amines) is 1. The first kappa shape index (κ1) is 18.0. The summed E-state index contributed by atoms with van der Waals surface area (Å²) in [6, 6.07) is 0.132. The fourth-order valence-corrected chi connectivity index (χ4v) is 2.91. The molecule has 0 aliphatic carbocycles. The van der Waals surface area contributed by atoms with Crippen molar-refractivity contribution >= 4 is 11.9 Å².